The number of nitrogens with zero attached hydrogens (tertiary/aromatic N) is 1. The Kier molecular flexibility index (Phi) is 10.4. The average Bonchev–Trinajstić information content (AvgIpc) is 3.53. The highest BCUT2D eigenvalue weighted by atomic mass is 32.1. The molecule has 1 aliphatic rings. The van der Waals surface area contributed by atoms with Gasteiger partial charge in [0.25, 0.3) is 11.8 Å². The number of ether oxygens (including phenoxy) is 1. The summed E-state index contributed by atoms with van der Waals surface area (Å²) >= 11 is 1.70. The van der Waals surface area contributed by atoms with E-state index in [-0.39, 0.29) is 30.5 Å². The first-order valence-corrected chi connectivity index (χ1v) is 15.4. The van der Waals surface area contributed by atoms with Crippen LogP contribution in [0, 0.1) is 0 Å². The quantitative estimate of drug-likeness (QED) is 0.192. The maximum atomic E-state index is 13.2. The second-order valence-corrected chi connectivity index (χ2v) is 11.7. The van der Waals surface area contributed by atoms with E-state index >= 15 is 0 Å². The zero-order chi connectivity index (χ0) is 30.9. The normalized spacial score (nSPS) is 16.1. The minimum atomic E-state index is -1.77. The number of hydrogen-bond acceptors (Lipinski definition) is 7. The van der Waals surface area contributed by atoms with Gasteiger partial charge in [-0.15, -0.1) is 11.3 Å². The van der Waals surface area contributed by atoms with Crippen LogP contribution < -0.4 is 15.4 Å². The predicted molar refractivity (Wildman–Crippen MR) is 169 cm³/mol. The van der Waals surface area contributed by atoms with E-state index < -0.39 is 24.0 Å². The van der Waals surface area contributed by atoms with Gasteiger partial charge in [-0.3, -0.25) is 9.59 Å². The lowest BCUT2D eigenvalue weighted by molar-refractivity contribution is -0.148. The van der Waals surface area contributed by atoms with Crippen molar-refractivity contribution in [3.8, 4) is 16.9 Å². The number of benzene rings is 3. The van der Waals surface area contributed by atoms with Gasteiger partial charge in [-0.05, 0) is 58.8 Å². The van der Waals surface area contributed by atoms with Crippen LogP contribution in [-0.4, -0.2) is 77.3 Å². The molecule has 1 saturated heterocycles. The topological polar surface area (TPSA) is 128 Å². The minimum Gasteiger partial charge on any atom is -0.484 e. The lowest BCUT2D eigenvalue weighted by Crippen LogP contribution is -2.55. The van der Waals surface area contributed by atoms with Crippen molar-refractivity contribution in [2.75, 3.05) is 26.2 Å². The number of carbonyl (C=O) groups is 3. The molecule has 10 heteroatoms. The van der Waals surface area contributed by atoms with E-state index in [1.807, 2.05) is 29.2 Å². The fraction of sp³-hybridized carbons (Fsp3) is 0.265. The Hall–Kier alpha value is -4.51. The van der Waals surface area contributed by atoms with Gasteiger partial charge < -0.3 is 30.5 Å². The number of carboxylic acids is 1. The fourth-order valence-corrected chi connectivity index (χ4v) is 6.20. The van der Waals surface area contributed by atoms with Crippen molar-refractivity contribution < 1.29 is 29.3 Å². The molecule has 1 aromatic heterocycles. The highest BCUT2D eigenvalue weighted by molar-refractivity contribution is 7.10. The Morgan fingerprint density at radius 1 is 0.977 bits per heavy atom. The summed E-state index contributed by atoms with van der Waals surface area (Å²) in [6.45, 7) is 1.88. The van der Waals surface area contributed by atoms with E-state index in [0.29, 0.717) is 25.4 Å². The molecule has 2 amide bonds. The average molecular weight is 614 g/mol. The molecule has 4 aromatic rings. The number of carbonyl (C=O) groups excluding carboxylic acids is 2. The number of nitrogens with one attached hydrogen (secondary N) is 2. The summed E-state index contributed by atoms with van der Waals surface area (Å²) in [5.41, 5.74) is 3.40. The first-order valence-electron chi connectivity index (χ1n) is 14.5. The van der Waals surface area contributed by atoms with Crippen molar-refractivity contribution in [3.05, 3.63) is 112 Å². The van der Waals surface area contributed by atoms with E-state index in [0.717, 1.165) is 12.0 Å². The van der Waals surface area contributed by atoms with Crippen LogP contribution in [0.3, 0.4) is 0 Å². The molecule has 3 aromatic carbocycles. The Labute approximate surface area is 260 Å². The second-order valence-electron chi connectivity index (χ2n) is 10.7. The maximum absolute atomic E-state index is 13.2. The molecule has 0 saturated carbocycles. The molecule has 3 atom stereocenters. The molecule has 1 unspecified atom stereocenters. The minimum absolute atomic E-state index is 0.0122. The smallest absolute Gasteiger partial charge is 0.334 e. The number of piperazine rings is 1. The van der Waals surface area contributed by atoms with E-state index in [1.54, 1.807) is 47.7 Å². The van der Waals surface area contributed by atoms with Crippen LogP contribution >= 0.6 is 11.3 Å². The lowest BCUT2D eigenvalue weighted by Gasteiger charge is -2.36. The van der Waals surface area contributed by atoms with Crippen molar-refractivity contribution in [2.45, 2.75) is 31.0 Å². The van der Waals surface area contributed by atoms with Crippen LogP contribution in [0.15, 0.2) is 96.4 Å². The summed E-state index contributed by atoms with van der Waals surface area (Å²) in [4.78, 5) is 40.6. The molecular formula is C34H35N3O6S. The number of aliphatic hydroxyl groups excluding tert-OH is 1. The molecule has 0 aliphatic carbocycles. The highest BCUT2D eigenvalue weighted by Gasteiger charge is 2.29. The first kappa shape index (κ1) is 30.9. The third-order valence-corrected chi connectivity index (χ3v) is 8.56. The van der Waals surface area contributed by atoms with Crippen molar-refractivity contribution in [3.63, 3.8) is 0 Å². The molecule has 0 spiro atoms. The summed E-state index contributed by atoms with van der Waals surface area (Å²) < 4.78 is 5.79. The van der Waals surface area contributed by atoms with Crippen molar-refractivity contribution in [2.24, 2.45) is 0 Å². The van der Waals surface area contributed by atoms with E-state index in [2.05, 4.69) is 34.2 Å². The summed E-state index contributed by atoms with van der Waals surface area (Å²) in [6, 6.07) is 26.7. The summed E-state index contributed by atoms with van der Waals surface area (Å²) in [5, 5.41) is 27.7. The summed E-state index contributed by atoms with van der Waals surface area (Å²) in [6.07, 6.45) is -0.869. The van der Waals surface area contributed by atoms with E-state index in [1.165, 1.54) is 28.1 Å². The Morgan fingerprint density at radius 3 is 2.39 bits per heavy atom. The molecule has 2 heterocycles. The van der Waals surface area contributed by atoms with Crippen LogP contribution in [0.2, 0.25) is 0 Å². The molecule has 9 nitrogen and oxygen atoms in total. The fourth-order valence-electron chi connectivity index (χ4n) is 5.24. The SMILES string of the molecule is O=C(N[C@@H](Cc1ccccc1)[C@@H](O)C(=O)O)c1ccc(OCC(=O)N2CCNCC2Cc2cc(-c3ccccc3)cs2)cc1. The van der Waals surface area contributed by atoms with Crippen LogP contribution in [-0.2, 0) is 22.4 Å². The molecule has 0 bridgehead atoms. The summed E-state index contributed by atoms with van der Waals surface area (Å²) in [7, 11) is 0. The van der Waals surface area contributed by atoms with E-state index in [4.69, 9.17) is 4.74 Å². The molecule has 1 fully saturated rings. The second kappa shape index (κ2) is 14.8. The summed E-state index contributed by atoms with van der Waals surface area (Å²) in [5.74, 6) is -1.62. The molecule has 5 rings (SSSR count). The molecule has 0 radical (unpaired) electrons. The highest BCUT2D eigenvalue weighted by Crippen LogP contribution is 2.27. The van der Waals surface area contributed by atoms with Gasteiger partial charge in [-0.2, -0.15) is 0 Å². The Morgan fingerprint density at radius 2 is 1.68 bits per heavy atom. The van der Waals surface area contributed by atoms with Gasteiger partial charge in [-0.25, -0.2) is 4.79 Å². The molecule has 1 aliphatic heterocycles. The number of hydrogen-bond donors (Lipinski definition) is 4. The molecular weight excluding hydrogens is 578 g/mol. The van der Waals surface area contributed by atoms with Crippen molar-refractivity contribution in [1.29, 1.82) is 0 Å². The number of aliphatic carboxylic acids is 1. The molecule has 228 valence electrons. The van der Waals surface area contributed by atoms with Gasteiger partial charge in [0.15, 0.2) is 12.7 Å². The third kappa shape index (κ3) is 8.10. The van der Waals surface area contributed by atoms with Crippen molar-refractivity contribution in [1.82, 2.24) is 15.5 Å². The Balaban J connectivity index is 1.15. The van der Waals surface area contributed by atoms with Crippen LogP contribution in [0.25, 0.3) is 11.1 Å². The number of amides is 2. The van der Waals surface area contributed by atoms with Crippen molar-refractivity contribution >= 4 is 29.1 Å². The zero-order valence-electron chi connectivity index (χ0n) is 24.1. The first-order chi connectivity index (χ1) is 21.4. The van der Waals surface area contributed by atoms with Crippen LogP contribution in [0.5, 0.6) is 5.75 Å². The predicted octanol–water partition coefficient (Wildman–Crippen LogP) is 3.62. The standard InChI is InChI=1S/C34H35N3O6S/c38-31(37-16-15-35-20-27(37)19-29-18-26(22-44-29)24-9-5-2-6-10-24)21-43-28-13-11-25(12-14-28)33(40)36-30(32(39)34(41)42)17-23-7-3-1-4-8-23/h1-14,18,22,27,30,32,35,39H,15-17,19-21H2,(H,36,40)(H,41,42)/t27?,30-,32+/m0/s1. The zero-order valence-corrected chi connectivity index (χ0v) is 24.9. The van der Waals surface area contributed by atoms with Crippen LogP contribution in [0.4, 0.5) is 0 Å². The van der Waals surface area contributed by atoms with Gasteiger partial charge >= 0.3 is 5.97 Å². The molecule has 44 heavy (non-hydrogen) atoms. The van der Waals surface area contributed by atoms with Gasteiger partial charge in [0, 0.05) is 42.5 Å². The number of aliphatic hydroxyl groups is 1. The number of thiophene rings is 1. The largest absolute Gasteiger partial charge is 0.484 e. The number of carboxylic acid groups (broad SMARTS) is 1. The third-order valence-electron chi connectivity index (χ3n) is 7.60. The maximum Gasteiger partial charge on any atom is 0.334 e. The van der Waals surface area contributed by atoms with Gasteiger partial charge in [0.2, 0.25) is 0 Å². The van der Waals surface area contributed by atoms with E-state index in [9.17, 15) is 24.6 Å². The molecule has 4 N–H and O–H groups in total. The monoisotopic (exact) mass is 613 g/mol. The van der Waals surface area contributed by atoms with Gasteiger partial charge in [-0.1, -0.05) is 60.7 Å². The van der Waals surface area contributed by atoms with Gasteiger partial charge in [0.05, 0.1) is 6.04 Å². The van der Waals surface area contributed by atoms with Gasteiger partial charge in [0.1, 0.15) is 5.75 Å². The number of rotatable bonds is 12. The lowest BCUT2D eigenvalue weighted by atomic mass is 10.0. The van der Waals surface area contributed by atoms with Crippen LogP contribution in [0.1, 0.15) is 20.8 Å². The Bertz CT molecular complexity index is 1540.